The highest BCUT2D eigenvalue weighted by Gasteiger charge is 2.33. The van der Waals surface area contributed by atoms with Gasteiger partial charge in [0.2, 0.25) is 0 Å². The first-order valence-electron chi connectivity index (χ1n) is 6.66. The van der Waals surface area contributed by atoms with Gasteiger partial charge in [-0.2, -0.15) is 11.8 Å². The Labute approximate surface area is 115 Å². The van der Waals surface area contributed by atoms with Crippen molar-refractivity contribution in [3.8, 4) is 0 Å². The van der Waals surface area contributed by atoms with Crippen LogP contribution in [0.1, 0.15) is 25.5 Å². The van der Waals surface area contributed by atoms with Crippen molar-refractivity contribution in [1.82, 2.24) is 10.2 Å². The molecule has 100 valence electrons. The van der Waals surface area contributed by atoms with Gasteiger partial charge in [0, 0.05) is 37.0 Å². The fourth-order valence-electron chi connectivity index (χ4n) is 2.52. The van der Waals surface area contributed by atoms with Crippen LogP contribution < -0.4 is 5.32 Å². The van der Waals surface area contributed by atoms with Gasteiger partial charge in [-0.15, -0.1) is 0 Å². The quantitative estimate of drug-likeness (QED) is 0.900. The lowest BCUT2D eigenvalue weighted by Crippen LogP contribution is -2.59. The molecule has 1 N–H and O–H groups in total. The monoisotopic (exact) mass is 264 g/mol. The minimum atomic E-state index is 0.265. The van der Waals surface area contributed by atoms with Gasteiger partial charge in [0.15, 0.2) is 0 Å². The molecule has 2 rings (SSSR count). The number of hydrogen-bond acceptors (Lipinski definition) is 3. The average Bonchev–Trinajstić information content (AvgIpc) is 2.38. The van der Waals surface area contributed by atoms with E-state index in [4.69, 9.17) is 0 Å². The average molecular weight is 264 g/mol. The number of hydrogen-bond donors (Lipinski definition) is 1. The third-order valence-electron chi connectivity index (χ3n) is 3.81. The van der Waals surface area contributed by atoms with Crippen LogP contribution in [-0.4, -0.2) is 42.1 Å². The zero-order chi connectivity index (χ0) is 13.0. The SMILES string of the molecule is CSCCN1CC(c2ccccc2)NCC1(C)C. The molecule has 0 amide bonds. The molecule has 1 aliphatic heterocycles. The first-order chi connectivity index (χ1) is 8.63. The van der Waals surface area contributed by atoms with E-state index in [1.165, 1.54) is 17.9 Å². The Morgan fingerprint density at radius 1 is 1.33 bits per heavy atom. The molecule has 0 saturated carbocycles. The Balaban J connectivity index is 2.05. The van der Waals surface area contributed by atoms with Crippen molar-refractivity contribution in [2.24, 2.45) is 0 Å². The molecule has 1 fully saturated rings. The number of thioether (sulfide) groups is 1. The lowest BCUT2D eigenvalue weighted by Gasteiger charge is -2.46. The Bertz CT molecular complexity index is 364. The molecule has 1 atom stereocenters. The van der Waals surface area contributed by atoms with Crippen molar-refractivity contribution in [3.63, 3.8) is 0 Å². The van der Waals surface area contributed by atoms with Crippen molar-refractivity contribution < 1.29 is 0 Å². The van der Waals surface area contributed by atoms with Gasteiger partial charge in [-0.1, -0.05) is 30.3 Å². The molecule has 1 aliphatic rings. The van der Waals surface area contributed by atoms with Gasteiger partial charge in [0.1, 0.15) is 0 Å². The second-order valence-corrected chi connectivity index (χ2v) is 6.58. The van der Waals surface area contributed by atoms with Gasteiger partial charge < -0.3 is 5.32 Å². The van der Waals surface area contributed by atoms with E-state index in [1.807, 2.05) is 11.8 Å². The fourth-order valence-corrected chi connectivity index (χ4v) is 2.92. The van der Waals surface area contributed by atoms with Crippen molar-refractivity contribution in [3.05, 3.63) is 35.9 Å². The van der Waals surface area contributed by atoms with Crippen LogP contribution in [0.2, 0.25) is 0 Å². The van der Waals surface area contributed by atoms with E-state index in [9.17, 15) is 0 Å². The largest absolute Gasteiger partial charge is 0.307 e. The maximum Gasteiger partial charge on any atom is 0.0450 e. The molecule has 0 bridgehead atoms. The third-order valence-corrected chi connectivity index (χ3v) is 4.40. The van der Waals surface area contributed by atoms with Gasteiger partial charge in [-0.05, 0) is 25.7 Å². The number of rotatable bonds is 4. The summed E-state index contributed by atoms with van der Waals surface area (Å²) >= 11 is 1.93. The summed E-state index contributed by atoms with van der Waals surface area (Å²) in [4.78, 5) is 2.62. The summed E-state index contributed by atoms with van der Waals surface area (Å²) in [5.74, 6) is 1.21. The van der Waals surface area contributed by atoms with Crippen molar-refractivity contribution in [2.75, 3.05) is 31.6 Å². The molecule has 2 nitrogen and oxygen atoms in total. The standard InChI is InChI=1S/C15H24N2S/c1-15(2)12-16-14(11-17(15)9-10-18-3)13-7-5-4-6-8-13/h4-8,14,16H,9-12H2,1-3H3. The number of nitrogens with zero attached hydrogens (tertiary/aromatic N) is 1. The molecule has 0 spiro atoms. The summed E-state index contributed by atoms with van der Waals surface area (Å²) in [6, 6.07) is 11.3. The van der Waals surface area contributed by atoms with Crippen LogP contribution in [0.15, 0.2) is 30.3 Å². The van der Waals surface area contributed by atoms with Crippen LogP contribution in [0.5, 0.6) is 0 Å². The van der Waals surface area contributed by atoms with Crippen molar-refractivity contribution >= 4 is 11.8 Å². The van der Waals surface area contributed by atoms with Gasteiger partial charge in [-0.25, -0.2) is 0 Å². The third kappa shape index (κ3) is 3.28. The fraction of sp³-hybridized carbons (Fsp3) is 0.600. The molecule has 0 radical (unpaired) electrons. The van der Waals surface area contributed by atoms with E-state index in [-0.39, 0.29) is 5.54 Å². The highest BCUT2D eigenvalue weighted by atomic mass is 32.2. The van der Waals surface area contributed by atoms with Crippen LogP contribution >= 0.6 is 11.8 Å². The van der Waals surface area contributed by atoms with E-state index >= 15 is 0 Å². The predicted octanol–water partition coefficient (Wildman–Crippen LogP) is 2.77. The highest BCUT2D eigenvalue weighted by Crippen LogP contribution is 2.25. The van der Waals surface area contributed by atoms with Crippen LogP contribution in [-0.2, 0) is 0 Å². The molecule has 3 heteroatoms. The lowest BCUT2D eigenvalue weighted by molar-refractivity contribution is 0.0729. The maximum atomic E-state index is 3.68. The topological polar surface area (TPSA) is 15.3 Å². The second-order valence-electron chi connectivity index (χ2n) is 5.60. The summed E-state index contributed by atoms with van der Waals surface area (Å²) in [5.41, 5.74) is 1.67. The summed E-state index contributed by atoms with van der Waals surface area (Å²) in [6.45, 7) is 8.01. The van der Waals surface area contributed by atoms with Gasteiger partial charge >= 0.3 is 0 Å². The van der Waals surface area contributed by atoms with Crippen LogP contribution in [0.3, 0.4) is 0 Å². The number of piperazine rings is 1. The predicted molar refractivity (Wildman–Crippen MR) is 81.2 cm³/mol. The van der Waals surface area contributed by atoms with Crippen LogP contribution in [0, 0.1) is 0 Å². The Morgan fingerprint density at radius 3 is 2.72 bits per heavy atom. The normalized spacial score (nSPS) is 24.1. The molecule has 1 aromatic rings. The first-order valence-corrected chi connectivity index (χ1v) is 8.05. The van der Waals surface area contributed by atoms with E-state index in [1.54, 1.807) is 0 Å². The molecule has 1 saturated heterocycles. The van der Waals surface area contributed by atoms with Gasteiger partial charge in [0.05, 0.1) is 0 Å². The van der Waals surface area contributed by atoms with E-state index in [0.717, 1.165) is 13.1 Å². The first kappa shape index (κ1) is 13.9. The molecule has 1 heterocycles. The molecule has 1 aromatic carbocycles. The zero-order valence-corrected chi connectivity index (χ0v) is 12.5. The summed E-state index contributed by atoms with van der Waals surface area (Å²) in [5, 5.41) is 3.68. The summed E-state index contributed by atoms with van der Waals surface area (Å²) in [7, 11) is 0. The van der Waals surface area contributed by atoms with Crippen molar-refractivity contribution in [1.29, 1.82) is 0 Å². The summed E-state index contributed by atoms with van der Waals surface area (Å²) in [6.07, 6.45) is 2.18. The Kier molecular flexibility index (Phi) is 4.71. The van der Waals surface area contributed by atoms with E-state index in [0.29, 0.717) is 6.04 Å². The molecule has 18 heavy (non-hydrogen) atoms. The Hall–Kier alpha value is -0.510. The minimum absolute atomic E-state index is 0.265. The van der Waals surface area contributed by atoms with Crippen LogP contribution in [0.4, 0.5) is 0 Å². The van der Waals surface area contributed by atoms with Crippen molar-refractivity contribution in [2.45, 2.75) is 25.4 Å². The maximum absolute atomic E-state index is 3.68. The molecular weight excluding hydrogens is 240 g/mol. The molecule has 0 aliphatic carbocycles. The van der Waals surface area contributed by atoms with E-state index < -0.39 is 0 Å². The molecule has 0 aromatic heterocycles. The Morgan fingerprint density at radius 2 is 2.06 bits per heavy atom. The number of nitrogens with one attached hydrogen (secondary N) is 1. The van der Waals surface area contributed by atoms with E-state index in [2.05, 4.69) is 60.7 Å². The molecule has 1 unspecified atom stereocenters. The van der Waals surface area contributed by atoms with Gasteiger partial charge in [-0.3, -0.25) is 4.90 Å². The summed E-state index contributed by atoms with van der Waals surface area (Å²) < 4.78 is 0. The van der Waals surface area contributed by atoms with Crippen LogP contribution in [0.25, 0.3) is 0 Å². The highest BCUT2D eigenvalue weighted by molar-refractivity contribution is 7.98. The number of benzene rings is 1. The molecular formula is C15H24N2S. The van der Waals surface area contributed by atoms with Gasteiger partial charge in [0.25, 0.3) is 0 Å². The second kappa shape index (κ2) is 6.09. The minimum Gasteiger partial charge on any atom is -0.307 e. The lowest BCUT2D eigenvalue weighted by atomic mass is 9.94. The zero-order valence-electron chi connectivity index (χ0n) is 11.6. The smallest absolute Gasteiger partial charge is 0.0450 e.